The Hall–Kier alpha value is -2.19. The standard InChI is InChI=1S/C16H11BrFN5S/c1-10-19-8-13(23(10)24-18)11-5-6-22-14(9-20-16(22)7-11)12-3-2-4-15(17)21-12/h2-9H,1H3. The summed E-state index contributed by atoms with van der Waals surface area (Å²) in [6.07, 6.45) is 5.35. The molecule has 0 bridgehead atoms. The lowest BCUT2D eigenvalue weighted by Gasteiger charge is -2.06. The number of rotatable bonds is 3. The summed E-state index contributed by atoms with van der Waals surface area (Å²) in [7, 11) is 0. The predicted molar refractivity (Wildman–Crippen MR) is 96.2 cm³/mol. The fourth-order valence-corrected chi connectivity index (χ4v) is 3.31. The van der Waals surface area contributed by atoms with Gasteiger partial charge in [-0.3, -0.25) is 4.40 Å². The van der Waals surface area contributed by atoms with Crippen molar-refractivity contribution in [3.05, 3.63) is 59.3 Å². The number of halogens is 2. The number of fused-ring (bicyclic) bond motifs is 1. The summed E-state index contributed by atoms with van der Waals surface area (Å²) < 4.78 is 17.3. The van der Waals surface area contributed by atoms with Crippen LogP contribution in [0, 0.1) is 6.92 Å². The van der Waals surface area contributed by atoms with Crippen LogP contribution in [-0.4, -0.2) is 23.3 Å². The third-order valence-corrected chi connectivity index (χ3v) is 4.78. The molecule has 0 amide bonds. The first-order chi connectivity index (χ1) is 11.7. The Morgan fingerprint density at radius 3 is 2.75 bits per heavy atom. The van der Waals surface area contributed by atoms with Crippen LogP contribution >= 0.6 is 28.3 Å². The fourth-order valence-electron chi connectivity index (χ4n) is 2.59. The second kappa shape index (κ2) is 6.03. The van der Waals surface area contributed by atoms with E-state index in [1.165, 1.54) is 3.97 Å². The highest BCUT2D eigenvalue weighted by Gasteiger charge is 2.13. The molecular formula is C16H11BrFN5S. The molecular weight excluding hydrogens is 393 g/mol. The summed E-state index contributed by atoms with van der Waals surface area (Å²) >= 11 is 3.53. The lowest BCUT2D eigenvalue weighted by atomic mass is 10.2. The molecule has 0 N–H and O–H groups in total. The van der Waals surface area contributed by atoms with Gasteiger partial charge in [-0.25, -0.2) is 18.9 Å². The van der Waals surface area contributed by atoms with Crippen molar-refractivity contribution in [1.29, 1.82) is 0 Å². The Morgan fingerprint density at radius 2 is 1.96 bits per heavy atom. The van der Waals surface area contributed by atoms with E-state index in [0.717, 1.165) is 27.2 Å². The van der Waals surface area contributed by atoms with Gasteiger partial charge in [0.1, 0.15) is 16.1 Å². The number of aromatic nitrogens is 5. The van der Waals surface area contributed by atoms with Crippen LogP contribution in [0.1, 0.15) is 5.82 Å². The minimum absolute atomic E-state index is 0.144. The van der Waals surface area contributed by atoms with Crippen LogP contribution in [0.4, 0.5) is 3.89 Å². The number of hydrogen-bond donors (Lipinski definition) is 0. The van der Waals surface area contributed by atoms with Gasteiger partial charge in [-0.2, -0.15) is 0 Å². The molecule has 8 heteroatoms. The van der Waals surface area contributed by atoms with Gasteiger partial charge >= 0.3 is 0 Å². The van der Waals surface area contributed by atoms with E-state index < -0.39 is 0 Å². The zero-order valence-corrected chi connectivity index (χ0v) is 14.9. The monoisotopic (exact) mass is 403 g/mol. The van der Waals surface area contributed by atoms with E-state index in [2.05, 4.69) is 30.9 Å². The highest BCUT2D eigenvalue weighted by atomic mass is 79.9. The first-order valence-corrected chi connectivity index (χ1v) is 8.58. The zero-order chi connectivity index (χ0) is 16.7. The second-order valence-electron chi connectivity index (χ2n) is 5.19. The Kier molecular flexibility index (Phi) is 3.85. The molecule has 0 spiro atoms. The molecule has 0 aliphatic carbocycles. The van der Waals surface area contributed by atoms with Crippen molar-refractivity contribution in [2.24, 2.45) is 0 Å². The molecule has 120 valence electrons. The minimum atomic E-state index is 0.144. The maximum atomic E-state index is 13.1. The zero-order valence-electron chi connectivity index (χ0n) is 12.5. The van der Waals surface area contributed by atoms with Crippen LogP contribution in [0.25, 0.3) is 28.3 Å². The molecule has 4 aromatic heterocycles. The first kappa shape index (κ1) is 15.3. The van der Waals surface area contributed by atoms with Crippen molar-refractivity contribution < 1.29 is 3.89 Å². The Morgan fingerprint density at radius 1 is 1.12 bits per heavy atom. The van der Waals surface area contributed by atoms with Gasteiger partial charge in [0.05, 0.1) is 29.5 Å². The number of pyridine rings is 2. The third kappa shape index (κ3) is 2.51. The molecule has 4 heterocycles. The summed E-state index contributed by atoms with van der Waals surface area (Å²) in [5.41, 5.74) is 4.03. The number of nitrogens with zero attached hydrogens (tertiary/aromatic N) is 5. The normalized spacial score (nSPS) is 11.3. The Balaban J connectivity index is 1.84. The van der Waals surface area contributed by atoms with Crippen molar-refractivity contribution in [2.75, 3.05) is 0 Å². The molecule has 4 rings (SSSR count). The fraction of sp³-hybridized carbons (Fsp3) is 0.0625. The van der Waals surface area contributed by atoms with Gasteiger partial charge in [0.15, 0.2) is 12.3 Å². The van der Waals surface area contributed by atoms with Crippen molar-refractivity contribution in [2.45, 2.75) is 6.92 Å². The van der Waals surface area contributed by atoms with E-state index in [0.29, 0.717) is 11.5 Å². The molecule has 5 nitrogen and oxygen atoms in total. The first-order valence-electron chi connectivity index (χ1n) is 7.11. The summed E-state index contributed by atoms with van der Waals surface area (Å²) in [6.45, 7) is 1.77. The van der Waals surface area contributed by atoms with Gasteiger partial charge in [0.25, 0.3) is 0 Å². The second-order valence-corrected chi connectivity index (χ2v) is 6.50. The van der Waals surface area contributed by atoms with Crippen molar-refractivity contribution >= 4 is 33.9 Å². The van der Waals surface area contributed by atoms with Gasteiger partial charge in [-0.15, -0.1) is 3.89 Å². The highest BCUT2D eigenvalue weighted by Crippen LogP contribution is 2.28. The van der Waals surface area contributed by atoms with Crippen LogP contribution in [-0.2, 0) is 0 Å². The topological polar surface area (TPSA) is 48.0 Å². The molecule has 24 heavy (non-hydrogen) atoms. The molecule has 0 unspecified atom stereocenters. The lowest BCUT2D eigenvalue weighted by Crippen LogP contribution is -1.94. The molecule has 0 saturated carbocycles. The summed E-state index contributed by atoms with van der Waals surface area (Å²) in [5, 5.41) is 0. The molecule has 0 fully saturated rings. The maximum Gasteiger partial charge on any atom is 0.171 e. The van der Waals surface area contributed by atoms with E-state index >= 15 is 0 Å². The summed E-state index contributed by atoms with van der Waals surface area (Å²) in [4.78, 5) is 13.1. The summed E-state index contributed by atoms with van der Waals surface area (Å²) in [5.74, 6) is 0.611. The number of imidazole rings is 2. The van der Waals surface area contributed by atoms with E-state index in [9.17, 15) is 3.89 Å². The highest BCUT2D eigenvalue weighted by molar-refractivity contribution is 9.10. The molecule has 4 aromatic rings. The molecule has 0 radical (unpaired) electrons. The van der Waals surface area contributed by atoms with Gasteiger partial charge in [-0.1, -0.05) is 6.07 Å². The molecule has 0 aromatic carbocycles. The maximum absolute atomic E-state index is 13.1. The Bertz CT molecular complexity index is 1040. The molecule has 0 saturated heterocycles. The minimum Gasteiger partial charge on any atom is -0.298 e. The predicted octanol–water partition coefficient (Wildman–Crippen LogP) is 4.71. The molecule has 0 aliphatic heterocycles. The largest absolute Gasteiger partial charge is 0.298 e. The van der Waals surface area contributed by atoms with E-state index in [1.54, 1.807) is 19.3 Å². The van der Waals surface area contributed by atoms with Crippen LogP contribution in [0.2, 0.25) is 0 Å². The van der Waals surface area contributed by atoms with Crippen molar-refractivity contribution in [1.82, 2.24) is 23.3 Å². The van der Waals surface area contributed by atoms with E-state index in [1.807, 2.05) is 40.9 Å². The van der Waals surface area contributed by atoms with Gasteiger partial charge in [0.2, 0.25) is 0 Å². The van der Waals surface area contributed by atoms with Gasteiger partial charge in [-0.05, 0) is 47.1 Å². The van der Waals surface area contributed by atoms with Gasteiger partial charge < -0.3 is 0 Å². The average molecular weight is 404 g/mol. The van der Waals surface area contributed by atoms with Gasteiger partial charge in [0, 0.05) is 11.8 Å². The van der Waals surface area contributed by atoms with Crippen LogP contribution < -0.4 is 0 Å². The Labute approximate surface area is 150 Å². The SMILES string of the molecule is Cc1ncc(-c2ccn3c(-c4cccc(Br)n4)cnc3c2)n1SF. The molecule has 0 aliphatic rings. The lowest BCUT2D eigenvalue weighted by molar-refractivity contribution is 0.906. The van der Waals surface area contributed by atoms with Crippen molar-refractivity contribution in [3.8, 4) is 22.6 Å². The number of hydrogen-bond acceptors (Lipinski definition) is 4. The smallest absolute Gasteiger partial charge is 0.171 e. The van der Waals surface area contributed by atoms with Crippen LogP contribution in [0.15, 0.2) is 53.5 Å². The van der Waals surface area contributed by atoms with Crippen LogP contribution in [0.3, 0.4) is 0 Å². The van der Waals surface area contributed by atoms with Crippen LogP contribution in [0.5, 0.6) is 0 Å². The number of aryl methyl sites for hydroxylation is 1. The third-order valence-electron chi connectivity index (χ3n) is 3.74. The average Bonchev–Trinajstić information content (AvgIpc) is 3.17. The summed E-state index contributed by atoms with van der Waals surface area (Å²) in [6, 6.07) is 9.56. The van der Waals surface area contributed by atoms with Crippen molar-refractivity contribution in [3.63, 3.8) is 0 Å². The van der Waals surface area contributed by atoms with E-state index in [4.69, 9.17) is 0 Å². The molecule has 0 atom stereocenters. The van der Waals surface area contributed by atoms with E-state index in [-0.39, 0.29) is 12.3 Å². The quantitative estimate of drug-likeness (QED) is 0.464.